The van der Waals surface area contributed by atoms with Gasteiger partial charge in [-0.25, -0.2) is 0 Å². The van der Waals surface area contributed by atoms with Crippen molar-refractivity contribution in [2.45, 2.75) is 41.2 Å². The third-order valence-electron chi connectivity index (χ3n) is 5.74. The fourth-order valence-electron chi connectivity index (χ4n) is 4.57. The molecule has 0 amide bonds. The van der Waals surface area contributed by atoms with Crippen molar-refractivity contribution in [1.82, 2.24) is 0 Å². The second-order valence-electron chi connectivity index (χ2n) is 9.62. The topological polar surface area (TPSA) is 66.9 Å². The molecule has 168 valence electrons. The maximum atomic E-state index is 13.2. The van der Waals surface area contributed by atoms with Crippen molar-refractivity contribution >= 4 is 22.8 Å². The molecule has 32 heavy (non-hydrogen) atoms. The van der Waals surface area contributed by atoms with Crippen molar-refractivity contribution in [2.75, 3.05) is 13.1 Å². The van der Waals surface area contributed by atoms with Gasteiger partial charge >= 0.3 is 0 Å². The summed E-state index contributed by atoms with van der Waals surface area (Å²) in [5.41, 5.74) is 2.49. The molecule has 1 aliphatic rings. The lowest BCUT2D eigenvalue weighted by atomic mass is 9.99. The molecule has 0 aliphatic carbocycles. The zero-order chi connectivity index (χ0) is 23.0. The number of ether oxygens (including phenoxy) is 1. The second kappa shape index (κ2) is 8.83. The maximum absolute atomic E-state index is 13.2. The van der Waals surface area contributed by atoms with Gasteiger partial charge in [-0.3, -0.25) is 4.79 Å². The van der Waals surface area contributed by atoms with Crippen LogP contribution in [0.4, 0.5) is 0 Å². The predicted octanol–water partition coefficient (Wildman–Crippen LogP) is 4.13. The van der Waals surface area contributed by atoms with Crippen molar-refractivity contribution in [1.29, 1.82) is 0 Å². The minimum absolute atomic E-state index is 0.0657. The van der Waals surface area contributed by atoms with Gasteiger partial charge in [0.2, 0.25) is 5.78 Å². The number of allylic oxidation sites excluding steroid dienone is 1. The lowest BCUT2D eigenvalue weighted by Crippen LogP contribution is -3.11. The van der Waals surface area contributed by atoms with Gasteiger partial charge in [0.1, 0.15) is 23.6 Å². The summed E-state index contributed by atoms with van der Waals surface area (Å²) in [6.45, 7) is 13.0. The minimum Gasteiger partial charge on any atom is -0.872 e. The predicted molar refractivity (Wildman–Crippen MR) is 124 cm³/mol. The van der Waals surface area contributed by atoms with Gasteiger partial charge in [-0.05, 0) is 24.6 Å². The van der Waals surface area contributed by atoms with Gasteiger partial charge in [-0.1, -0.05) is 57.7 Å². The molecule has 1 aromatic heterocycles. The third-order valence-corrected chi connectivity index (χ3v) is 5.74. The highest BCUT2D eigenvalue weighted by molar-refractivity contribution is 6.15. The van der Waals surface area contributed by atoms with Crippen LogP contribution >= 0.6 is 0 Å². The standard InChI is InChI=1S/C27H31NO4/c1-16(2)13-28(14-17(3)4)15-21-22(29)10-18(5)25-26(30)24(32-27(21)25)12-20-11-19-8-6-7-9-23(19)31-20/h6-12,16-17,29H,13-15H2,1-5H3/b24-12-. The van der Waals surface area contributed by atoms with Crippen LogP contribution in [0.5, 0.6) is 11.5 Å². The number of para-hydroxylation sites is 1. The summed E-state index contributed by atoms with van der Waals surface area (Å²) in [4.78, 5) is 14.5. The fraction of sp³-hybridized carbons (Fsp3) is 0.370. The summed E-state index contributed by atoms with van der Waals surface area (Å²) >= 11 is 0. The molecule has 0 bridgehead atoms. The van der Waals surface area contributed by atoms with E-state index in [1.807, 2.05) is 30.3 Å². The number of carbonyl (C=O) groups excluding carboxylic acids is 1. The summed E-state index contributed by atoms with van der Waals surface area (Å²) in [6, 6.07) is 11.1. The number of hydrogen-bond donors (Lipinski definition) is 1. The number of aryl methyl sites for hydroxylation is 1. The highest BCUT2D eigenvalue weighted by Crippen LogP contribution is 2.40. The van der Waals surface area contributed by atoms with E-state index in [9.17, 15) is 9.90 Å². The first kappa shape index (κ1) is 22.2. The van der Waals surface area contributed by atoms with Gasteiger partial charge < -0.3 is 19.2 Å². The molecule has 4 rings (SSSR count). The molecule has 0 fully saturated rings. The Morgan fingerprint density at radius 1 is 1.06 bits per heavy atom. The number of quaternary nitrogens is 1. The number of ketones is 1. The average Bonchev–Trinajstić information content (AvgIpc) is 3.25. The number of fused-ring (bicyclic) bond motifs is 2. The van der Waals surface area contributed by atoms with Crippen LogP contribution in [0, 0.1) is 18.8 Å². The Kier molecular flexibility index (Phi) is 6.11. The van der Waals surface area contributed by atoms with Crippen molar-refractivity contribution in [3.05, 3.63) is 64.6 Å². The number of hydrogen-bond acceptors (Lipinski definition) is 4. The maximum Gasteiger partial charge on any atom is 0.232 e. The van der Waals surface area contributed by atoms with E-state index in [-0.39, 0.29) is 17.3 Å². The van der Waals surface area contributed by atoms with Crippen LogP contribution in [0.15, 0.2) is 46.6 Å². The smallest absolute Gasteiger partial charge is 0.232 e. The molecule has 0 spiro atoms. The Labute approximate surface area is 189 Å². The van der Waals surface area contributed by atoms with Crippen molar-refractivity contribution in [3.63, 3.8) is 0 Å². The van der Waals surface area contributed by atoms with Crippen LogP contribution in [0.2, 0.25) is 0 Å². The Morgan fingerprint density at radius 2 is 1.75 bits per heavy atom. The second-order valence-corrected chi connectivity index (χ2v) is 9.62. The molecule has 2 aromatic carbocycles. The van der Waals surface area contributed by atoms with Crippen LogP contribution in [0.3, 0.4) is 0 Å². The van der Waals surface area contributed by atoms with E-state index in [0.29, 0.717) is 46.6 Å². The Bertz CT molecular complexity index is 1140. The van der Waals surface area contributed by atoms with Crippen molar-refractivity contribution < 1.29 is 24.0 Å². The quantitative estimate of drug-likeness (QED) is 0.569. The molecule has 0 radical (unpaired) electrons. The van der Waals surface area contributed by atoms with Crippen LogP contribution < -0.4 is 14.7 Å². The van der Waals surface area contributed by atoms with Crippen LogP contribution in [0.1, 0.15) is 54.9 Å². The normalized spacial score (nSPS) is 14.9. The van der Waals surface area contributed by atoms with Crippen molar-refractivity contribution in [3.8, 4) is 11.5 Å². The van der Waals surface area contributed by atoms with Gasteiger partial charge in [0, 0.05) is 28.9 Å². The highest BCUT2D eigenvalue weighted by atomic mass is 16.5. The first-order valence-electron chi connectivity index (χ1n) is 11.3. The highest BCUT2D eigenvalue weighted by Gasteiger charge is 2.33. The van der Waals surface area contributed by atoms with Gasteiger partial charge in [0.05, 0.1) is 18.7 Å². The van der Waals surface area contributed by atoms with Gasteiger partial charge in [0.25, 0.3) is 0 Å². The number of nitrogens with one attached hydrogen (secondary N) is 1. The van der Waals surface area contributed by atoms with Crippen molar-refractivity contribution in [2.24, 2.45) is 11.8 Å². The molecule has 1 N–H and O–H groups in total. The number of rotatable bonds is 7. The molecule has 0 saturated heterocycles. The van der Waals surface area contributed by atoms with E-state index in [1.54, 1.807) is 19.1 Å². The molecule has 0 unspecified atom stereocenters. The summed E-state index contributed by atoms with van der Waals surface area (Å²) in [6.07, 6.45) is 1.63. The van der Waals surface area contributed by atoms with Crippen LogP contribution in [-0.4, -0.2) is 18.9 Å². The molecule has 2 heterocycles. The van der Waals surface area contributed by atoms with E-state index in [2.05, 4.69) is 27.7 Å². The summed E-state index contributed by atoms with van der Waals surface area (Å²) in [5.74, 6) is 1.91. The number of benzene rings is 2. The van der Waals surface area contributed by atoms with E-state index >= 15 is 0 Å². The third kappa shape index (κ3) is 4.44. The summed E-state index contributed by atoms with van der Waals surface area (Å²) in [7, 11) is 0. The fourth-order valence-corrected chi connectivity index (χ4v) is 4.57. The molecule has 0 saturated carbocycles. The lowest BCUT2D eigenvalue weighted by Gasteiger charge is -2.26. The molecule has 3 aromatic rings. The SMILES string of the molecule is Cc1cc([O-])c(C[NH+](CC(C)C)CC(C)C)c2c1C(=O)/C(=C/c1cc3ccccc3o1)O2. The number of carbonyl (C=O) groups is 1. The van der Waals surface area contributed by atoms with E-state index in [1.165, 1.54) is 4.90 Å². The molecular weight excluding hydrogens is 402 g/mol. The lowest BCUT2D eigenvalue weighted by molar-refractivity contribution is -0.919. The molecule has 5 heteroatoms. The molecular formula is C27H31NO4. The van der Waals surface area contributed by atoms with Crippen LogP contribution in [-0.2, 0) is 6.54 Å². The van der Waals surface area contributed by atoms with Gasteiger partial charge in [0.15, 0.2) is 5.76 Å². The zero-order valence-electron chi connectivity index (χ0n) is 19.5. The minimum atomic E-state index is -0.200. The molecule has 5 nitrogen and oxygen atoms in total. The summed E-state index contributed by atoms with van der Waals surface area (Å²) in [5, 5.41) is 13.9. The Balaban J connectivity index is 1.70. The van der Waals surface area contributed by atoms with Gasteiger partial charge in [-0.15, -0.1) is 0 Å². The number of furan rings is 1. The van der Waals surface area contributed by atoms with Gasteiger partial charge in [-0.2, -0.15) is 0 Å². The van der Waals surface area contributed by atoms with E-state index in [4.69, 9.17) is 9.15 Å². The van der Waals surface area contributed by atoms with E-state index < -0.39 is 0 Å². The summed E-state index contributed by atoms with van der Waals surface area (Å²) < 4.78 is 11.9. The Hall–Kier alpha value is -3.05. The largest absolute Gasteiger partial charge is 0.872 e. The first-order chi connectivity index (χ1) is 15.2. The Morgan fingerprint density at radius 3 is 2.41 bits per heavy atom. The monoisotopic (exact) mass is 433 g/mol. The van der Waals surface area contributed by atoms with Crippen LogP contribution in [0.25, 0.3) is 17.0 Å². The molecule has 0 atom stereocenters. The average molecular weight is 434 g/mol. The zero-order valence-corrected chi connectivity index (χ0v) is 19.5. The van der Waals surface area contributed by atoms with E-state index in [0.717, 1.165) is 24.1 Å². The molecule has 1 aliphatic heterocycles. The number of Topliss-reactive ketones (excluding diaryl/α,β-unsaturated/α-hetero) is 1. The first-order valence-corrected chi connectivity index (χ1v) is 11.3.